The number of benzene rings is 2. The van der Waals surface area contributed by atoms with Crippen molar-refractivity contribution in [2.75, 3.05) is 0 Å². The van der Waals surface area contributed by atoms with Gasteiger partial charge in [-0.15, -0.1) is 0 Å². The predicted molar refractivity (Wildman–Crippen MR) is 60.9 cm³/mol. The van der Waals surface area contributed by atoms with E-state index in [9.17, 15) is 14.0 Å². The Kier molecular flexibility index (Phi) is 2.51. The molecule has 0 unspecified atom stereocenters. The third-order valence-corrected chi connectivity index (χ3v) is 2.51. The predicted octanol–water partition coefficient (Wildman–Crippen LogP) is 1.18. The molecule has 2 amide bonds. The molecule has 17 heavy (non-hydrogen) atoms. The van der Waals surface area contributed by atoms with Crippen molar-refractivity contribution in [3.8, 4) is 0 Å². The first kappa shape index (κ1) is 11.1. The van der Waals surface area contributed by atoms with Crippen LogP contribution in [0.5, 0.6) is 0 Å². The quantitative estimate of drug-likeness (QED) is 0.814. The lowest BCUT2D eigenvalue weighted by Gasteiger charge is -2.08. The summed E-state index contributed by atoms with van der Waals surface area (Å²) in [6, 6.07) is 7.21. The van der Waals surface area contributed by atoms with Crippen LogP contribution in [0.15, 0.2) is 30.3 Å². The third kappa shape index (κ3) is 1.71. The lowest BCUT2D eigenvalue weighted by Crippen LogP contribution is -2.21. The number of hydrogen-bond donors (Lipinski definition) is 2. The zero-order chi connectivity index (χ0) is 12.6. The van der Waals surface area contributed by atoms with Crippen molar-refractivity contribution in [2.24, 2.45) is 11.5 Å². The summed E-state index contributed by atoms with van der Waals surface area (Å²) in [6.45, 7) is 0. The summed E-state index contributed by atoms with van der Waals surface area (Å²) < 4.78 is 13.7. The Hall–Kier alpha value is -2.43. The molecule has 0 aliphatic heterocycles. The molecule has 0 saturated carbocycles. The summed E-state index contributed by atoms with van der Waals surface area (Å²) in [4.78, 5) is 22.5. The summed E-state index contributed by atoms with van der Waals surface area (Å²) in [5.41, 5.74) is 10.1. The zero-order valence-electron chi connectivity index (χ0n) is 8.74. The Morgan fingerprint density at radius 3 is 2.12 bits per heavy atom. The van der Waals surface area contributed by atoms with E-state index in [0.717, 1.165) is 6.07 Å². The van der Waals surface area contributed by atoms with Gasteiger partial charge in [-0.2, -0.15) is 0 Å². The van der Waals surface area contributed by atoms with Crippen molar-refractivity contribution in [3.05, 3.63) is 47.3 Å². The van der Waals surface area contributed by atoms with Gasteiger partial charge in [0.1, 0.15) is 5.82 Å². The summed E-state index contributed by atoms with van der Waals surface area (Å²) in [5, 5.41) is 0.514. The Bertz CT molecular complexity index is 638. The van der Waals surface area contributed by atoms with E-state index >= 15 is 0 Å². The minimum Gasteiger partial charge on any atom is -0.366 e. The lowest BCUT2D eigenvalue weighted by atomic mass is 9.97. The second-order valence-electron chi connectivity index (χ2n) is 3.56. The summed E-state index contributed by atoms with van der Waals surface area (Å²) in [5.74, 6) is -2.31. The van der Waals surface area contributed by atoms with Crippen molar-refractivity contribution < 1.29 is 14.0 Å². The van der Waals surface area contributed by atoms with E-state index in [2.05, 4.69) is 0 Å². The van der Waals surface area contributed by atoms with E-state index in [1.54, 1.807) is 12.1 Å². The minimum absolute atomic E-state index is 0.0468. The standard InChI is InChI=1S/C12H9FN2O2/c13-9-5-8(11(14)16)10(12(15)17)7-4-2-1-3-6(7)9/h1-5H,(H2,14,16)(H2,15,17). The number of hydrogen-bond acceptors (Lipinski definition) is 2. The van der Waals surface area contributed by atoms with Crippen LogP contribution < -0.4 is 11.5 Å². The molecule has 2 rings (SSSR count). The van der Waals surface area contributed by atoms with Crippen LogP contribution in [0.25, 0.3) is 10.8 Å². The highest BCUT2D eigenvalue weighted by atomic mass is 19.1. The normalized spacial score (nSPS) is 10.4. The first-order valence-electron chi connectivity index (χ1n) is 4.83. The third-order valence-electron chi connectivity index (χ3n) is 2.51. The van der Waals surface area contributed by atoms with E-state index < -0.39 is 17.6 Å². The van der Waals surface area contributed by atoms with Crippen LogP contribution in [0.2, 0.25) is 0 Å². The van der Waals surface area contributed by atoms with Gasteiger partial charge in [-0.1, -0.05) is 24.3 Å². The van der Waals surface area contributed by atoms with Crippen molar-refractivity contribution in [1.29, 1.82) is 0 Å². The Balaban J connectivity index is 2.98. The number of carbonyl (C=O) groups is 2. The summed E-state index contributed by atoms with van der Waals surface area (Å²) in [7, 11) is 0. The van der Waals surface area contributed by atoms with Crippen LogP contribution in [0.1, 0.15) is 20.7 Å². The molecule has 0 radical (unpaired) electrons. The van der Waals surface area contributed by atoms with Gasteiger partial charge in [-0.3, -0.25) is 9.59 Å². The fourth-order valence-corrected chi connectivity index (χ4v) is 1.79. The number of nitrogens with two attached hydrogens (primary N) is 2. The van der Waals surface area contributed by atoms with Crippen LogP contribution in [0.4, 0.5) is 4.39 Å². The second-order valence-corrected chi connectivity index (χ2v) is 3.56. The monoisotopic (exact) mass is 232 g/mol. The maximum atomic E-state index is 13.7. The SMILES string of the molecule is NC(=O)c1cc(F)c2ccccc2c1C(N)=O. The number of rotatable bonds is 2. The van der Waals surface area contributed by atoms with Gasteiger partial charge < -0.3 is 11.5 Å². The van der Waals surface area contributed by atoms with E-state index in [1.165, 1.54) is 12.1 Å². The summed E-state index contributed by atoms with van der Waals surface area (Å²) >= 11 is 0. The van der Waals surface area contributed by atoms with Gasteiger partial charge >= 0.3 is 0 Å². The van der Waals surface area contributed by atoms with E-state index in [1.807, 2.05) is 0 Å². The molecule has 0 heterocycles. The van der Waals surface area contributed by atoms with Gasteiger partial charge in [0.25, 0.3) is 0 Å². The molecule has 0 spiro atoms. The van der Waals surface area contributed by atoms with E-state index in [0.29, 0.717) is 0 Å². The molecule has 0 bridgehead atoms. The zero-order valence-corrected chi connectivity index (χ0v) is 8.74. The number of carbonyl (C=O) groups excluding carboxylic acids is 2. The van der Waals surface area contributed by atoms with Crippen molar-refractivity contribution in [2.45, 2.75) is 0 Å². The van der Waals surface area contributed by atoms with Crippen LogP contribution in [0, 0.1) is 5.82 Å². The molecule has 0 atom stereocenters. The minimum atomic E-state index is -0.886. The maximum absolute atomic E-state index is 13.7. The highest BCUT2D eigenvalue weighted by molar-refractivity contribution is 6.14. The molecule has 0 saturated heterocycles. The molecule has 0 fully saturated rings. The first-order chi connectivity index (χ1) is 8.02. The molecule has 4 nitrogen and oxygen atoms in total. The van der Waals surface area contributed by atoms with Crippen molar-refractivity contribution in [1.82, 2.24) is 0 Å². The lowest BCUT2D eigenvalue weighted by molar-refractivity contribution is 0.0968. The van der Waals surface area contributed by atoms with Gasteiger partial charge in [0.2, 0.25) is 11.8 Å². The molecule has 86 valence electrons. The molecule has 0 aromatic heterocycles. The van der Waals surface area contributed by atoms with Gasteiger partial charge in [0, 0.05) is 5.39 Å². The second kappa shape index (κ2) is 3.86. The maximum Gasteiger partial charge on any atom is 0.250 e. The highest BCUT2D eigenvalue weighted by Crippen LogP contribution is 2.25. The smallest absolute Gasteiger partial charge is 0.250 e. The highest BCUT2D eigenvalue weighted by Gasteiger charge is 2.18. The Labute approximate surface area is 96.0 Å². The topological polar surface area (TPSA) is 86.2 Å². The molecule has 0 aliphatic carbocycles. The molecule has 0 aliphatic rings. The molecule has 2 aromatic carbocycles. The molecule has 2 aromatic rings. The first-order valence-corrected chi connectivity index (χ1v) is 4.83. The molecule has 4 N–H and O–H groups in total. The van der Waals surface area contributed by atoms with E-state index in [4.69, 9.17) is 11.5 Å². The van der Waals surface area contributed by atoms with Crippen LogP contribution in [-0.2, 0) is 0 Å². The largest absolute Gasteiger partial charge is 0.366 e. The van der Waals surface area contributed by atoms with Gasteiger partial charge in [0.15, 0.2) is 0 Å². The molecular formula is C12H9FN2O2. The summed E-state index contributed by atoms with van der Waals surface area (Å²) in [6.07, 6.45) is 0. The van der Waals surface area contributed by atoms with Crippen LogP contribution in [-0.4, -0.2) is 11.8 Å². The van der Waals surface area contributed by atoms with Gasteiger partial charge in [0.05, 0.1) is 11.1 Å². The van der Waals surface area contributed by atoms with Crippen LogP contribution >= 0.6 is 0 Å². The van der Waals surface area contributed by atoms with Crippen LogP contribution in [0.3, 0.4) is 0 Å². The number of amides is 2. The average molecular weight is 232 g/mol. The molecule has 5 heteroatoms. The van der Waals surface area contributed by atoms with E-state index in [-0.39, 0.29) is 21.9 Å². The van der Waals surface area contributed by atoms with Gasteiger partial charge in [-0.05, 0) is 11.5 Å². The number of halogens is 1. The number of fused-ring (bicyclic) bond motifs is 1. The molecular weight excluding hydrogens is 223 g/mol. The van der Waals surface area contributed by atoms with Gasteiger partial charge in [-0.25, -0.2) is 4.39 Å². The average Bonchev–Trinajstić information content (AvgIpc) is 2.28. The van der Waals surface area contributed by atoms with Crippen molar-refractivity contribution in [3.63, 3.8) is 0 Å². The fraction of sp³-hybridized carbons (Fsp3) is 0. The Morgan fingerprint density at radius 1 is 1.00 bits per heavy atom. The van der Waals surface area contributed by atoms with Crippen molar-refractivity contribution >= 4 is 22.6 Å². The Morgan fingerprint density at radius 2 is 1.59 bits per heavy atom. The fourth-order valence-electron chi connectivity index (χ4n) is 1.79. The number of primary amides is 2.